The summed E-state index contributed by atoms with van der Waals surface area (Å²) in [6.07, 6.45) is 2.78. The van der Waals surface area contributed by atoms with Crippen LogP contribution < -0.4 is 5.32 Å². The third-order valence-electron chi connectivity index (χ3n) is 4.76. The van der Waals surface area contributed by atoms with Crippen LogP contribution in [0, 0.1) is 6.92 Å². The van der Waals surface area contributed by atoms with Gasteiger partial charge in [0.2, 0.25) is 5.91 Å². The van der Waals surface area contributed by atoms with Gasteiger partial charge in [0.15, 0.2) is 0 Å². The van der Waals surface area contributed by atoms with Crippen molar-refractivity contribution in [3.63, 3.8) is 0 Å². The van der Waals surface area contributed by atoms with Gasteiger partial charge in [-0.25, -0.2) is 0 Å². The zero-order chi connectivity index (χ0) is 16.9. The van der Waals surface area contributed by atoms with Gasteiger partial charge >= 0.3 is 0 Å². The summed E-state index contributed by atoms with van der Waals surface area (Å²) < 4.78 is 5.70. The second-order valence-corrected chi connectivity index (χ2v) is 7.13. The fraction of sp³-hybridized carbons (Fsp3) is 0.611. The molecule has 0 unspecified atom stereocenters. The van der Waals surface area contributed by atoms with Crippen molar-refractivity contribution in [1.29, 1.82) is 0 Å². The number of carbonyl (C=O) groups is 1. The number of hydrogen-bond acceptors (Lipinski definition) is 4. The van der Waals surface area contributed by atoms with E-state index in [9.17, 15) is 4.79 Å². The second-order valence-electron chi connectivity index (χ2n) is 6.72. The van der Waals surface area contributed by atoms with E-state index in [0.717, 1.165) is 55.6 Å². The van der Waals surface area contributed by atoms with Crippen LogP contribution in [0.4, 0.5) is 5.69 Å². The molecule has 1 atom stereocenters. The van der Waals surface area contributed by atoms with E-state index in [1.165, 1.54) is 12.8 Å². The number of nitrogens with one attached hydrogen (secondary N) is 1. The largest absolute Gasteiger partial charge is 0.377 e. The third-order valence-corrected chi connectivity index (χ3v) is 5.18. The Kier molecular flexibility index (Phi) is 6.11. The first kappa shape index (κ1) is 17.7. The molecule has 1 N–H and O–H groups in total. The smallest absolute Gasteiger partial charge is 0.238 e. The lowest BCUT2D eigenvalue weighted by Gasteiger charge is -2.35. The molecular weight excluding hydrogens is 326 g/mol. The van der Waals surface area contributed by atoms with Crippen molar-refractivity contribution in [2.45, 2.75) is 25.9 Å². The van der Waals surface area contributed by atoms with Gasteiger partial charge in [0.25, 0.3) is 0 Å². The van der Waals surface area contributed by atoms with E-state index >= 15 is 0 Å². The number of carbonyl (C=O) groups excluding carboxylic acids is 1. The number of anilines is 1. The minimum Gasteiger partial charge on any atom is -0.377 e. The molecule has 0 saturated carbocycles. The molecule has 24 heavy (non-hydrogen) atoms. The Morgan fingerprint density at radius 2 is 2.04 bits per heavy atom. The number of halogens is 1. The summed E-state index contributed by atoms with van der Waals surface area (Å²) in [7, 11) is 0. The number of hydrogen-bond donors (Lipinski definition) is 1. The number of amides is 1. The number of rotatable bonds is 5. The summed E-state index contributed by atoms with van der Waals surface area (Å²) >= 11 is 6.01. The van der Waals surface area contributed by atoms with Gasteiger partial charge in [-0.3, -0.25) is 14.6 Å². The molecule has 2 fully saturated rings. The minimum absolute atomic E-state index is 0.0318. The van der Waals surface area contributed by atoms with Gasteiger partial charge < -0.3 is 10.1 Å². The molecular formula is C18H26ClN3O2. The molecule has 2 aliphatic heterocycles. The molecule has 2 aliphatic rings. The van der Waals surface area contributed by atoms with E-state index in [1.807, 2.05) is 25.1 Å². The maximum Gasteiger partial charge on any atom is 0.238 e. The minimum atomic E-state index is 0.0318. The maximum atomic E-state index is 12.2. The predicted octanol–water partition coefficient (Wildman–Crippen LogP) is 2.38. The van der Waals surface area contributed by atoms with Gasteiger partial charge in [-0.05, 0) is 43.5 Å². The highest BCUT2D eigenvalue weighted by molar-refractivity contribution is 6.31. The third kappa shape index (κ3) is 4.93. The molecule has 1 aromatic rings. The highest BCUT2D eigenvalue weighted by Crippen LogP contribution is 2.19. The van der Waals surface area contributed by atoms with Gasteiger partial charge in [0.1, 0.15) is 0 Å². The second kappa shape index (κ2) is 8.30. The molecule has 3 rings (SSSR count). The van der Waals surface area contributed by atoms with E-state index in [2.05, 4.69) is 15.1 Å². The van der Waals surface area contributed by atoms with Crippen LogP contribution in [0.3, 0.4) is 0 Å². The first-order valence-corrected chi connectivity index (χ1v) is 9.10. The van der Waals surface area contributed by atoms with E-state index < -0.39 is 0 Å². The van der Waals surface area contributed by atoms with Gasteiger partial charge in [-0.2, -0.15) is 0 Å². The van der Waals surface area contributed by atoms with E-state index in [4.69, 9.17) is 16.3 Å². The number of ether oxygens (including phenoxy) is 1. The molecule has 5 nitrogen and oxygen atoms in total. The van der Waals surface area contributed by atoms with E-state index in [1.54, 1.807) is 0 Å². The van der Waals surface area contributed by atoms with Gasteiger partial charge in [0, 0.05) is 50.0 Å². The van der Waals surface area contributed by atoms with Gasteiger partial charge in [0.05, 0.1) is 12.6 Å². The van der Waals surface area contributed by atoms with Crippen LogP contribution >= 0.6 is 11.6 Å². The van der Waals surface area contributed by atoms with Gasteiger partial charge in [-0.1, -0.05) is 11.6 Å². The number of benzene rings is 1. The topological polar surface area (TPSA) is 44.8 Å². The molecule has 0 bridgehead atoms. The fourth-order valence-electron chi connectivity index (χ4n) is 3.33. The molecule has 2 saturated heterocycles. The average Bonchev–Trinajstić information content (AvgIpc) is 3.06. The first-order valence-electron chi connectivity index (χ1n) is 8.72. The number of nitrogens with zero attached hydrogens (tertiary/aromatic N) is 2. The summed E-state index contributed by atoms with van der Waals surface area (Å²) in [5.41, 5.74) is 1.77. The van der Waals surface area contributed by atoms with E-state index in [-0.39, 0.29) is 5.91 Å². The number of piperazine rings is 1. The first-order chi connectivity index (χ1) is 11.6. The molecule has 1 amide bonds. The summed E-state index contributed by atoms with van der Waals surface area (Å²) in [4.78, 5) is 16.9. The maximum absolute atomic E-state index is 12.2. The summed E-state index contributed by atoms with van der Waals surface area (Å²) in [5, 5.41) is 3.67. The Balaban J connectivity index is 1.40. The molecule has 0 radical (unpaired) electrons. The molecule has 2 heterocycles. The average molecular weight is 352 g/mol. The van der Waals surface area contributed by atoms with Crippen molar-refractivity contribution >= 4 is 23.2 Å². The van der Waals surface area contributed by atoms with Crippen LogP contribution in [-0.2, 0) is 9.53 Å². The Morgan fingerprint density at radius 3 is 2.71 bits per heavy atom. The standard InChI is InChI=1S/C18H26ClN3O2/c1-14-11-15(4-5-17(14)19)20-18(23)13-22-8-6-21(7-9-22)12-16-3-2-10-24-16/h4-5,11,16H,2-3,6-10,12-13H2,1H3,(H,20,23)/t16-/m0/s1. The SMILES string of the molecule is Cc1cc(NC(=O)CN2CCN(C[C@@H]3CCCO3)CC2)ccc1Cl. The lowest BCUT2D eigenvalue weighted by Crippen LogP contribution is -2.50. The highest BCUT2D eigenvalue weighted by atomic mass is 35.5. The fourth-order valence-corrected chi connectivity index (χ4v) is 3.45. The van der Waals surface area contributed by atoms with Crippen molar-refractivity contribution in [3.05, 3.63) is 28.8 Å². The van der Waals surface area contributed by atoms with Crippen LogP contribution in [0.1, 0.15) is 18.4 Å². The van der Waals surface area contributed by atoms with Crippen molar-refractivity contribution in [1.82, 2.24) is 9.80 Å². The summed E-state index contributed by atoms with van der Waals surface area (Å²) in [6, 6.07) is 5.56. The highest BCUT2D eigenvalue weighted by Gasteiger charge is 2.23. The number of aryl methyl sites for hydroxylation is 1. The van der Waals surface area contributed by atoms with E-state index in [0.29, 0.717) is 12.6 Å². The molecule has 0 aliphatic carbocycles. The predicted molar refractivity (Wildman–Crippen MR) is 96.7 cm³/mol. The molecule has 6 heteroatoms. The molecule has 0 spiro atoms. The Morgan fingerprint density at radius 1 is 1.29 bits per heavy atom. The summed E-state index contributed by atoms with van der Waals surface area (Å²) in [5.74, 6) is 0.0318. The van der Waals surface area contributed by atoms with Crippen molar-refractivity contribution in [2.75, 3.05) is 51.2 Å². The zero-order valence-electron chi connectivity index (χ0n) is 14.3. The Hall–Kier alpha value is -1.14. The van der Waals surface area contributed by atoms with Crippen LogP contribution in [-0.4, -0.2) is 67.7 Å². The molecule has 132 valence electrons. The Labute approximate surface area is 148 Å². The van der Waals surface area contributed by atoms with Gasteiger partial charge in [-0.15, -0.1) is 0 Å². The monoisotopic (exact) mass is 351 g/mol. The lowest BCUT2D eigenvalue weighted by molar-refractivity contribution is -0.117. The normalized spacial score (nSPS) is 22.7. The van der Waals surface area contributed by atoms with Crippen molar-refractivity contribution < 1.29 is 9.53 Å². The Bertz CT molecular complexity index is 567. The quantitative estimate of drug-likeness (QED) is 0.884. The van der Waals surface area contributed by atoms with Crippen LogP contribution in [0.2, 0.25) is 5.02 Å². The lowest BCUT2D eigenvalue weighted by atomic mass is 10.2. The van der Waals surface area contributed by atoms with Crippen LogP contribution in [0.15, 0.2) is 18.2 Å². The molecule has 1 aromatic carbocycles. The van der Waals surface area contributed by atoms with Crippen LogP contribution in [0.5, 0.6) is 0 Å². The van der Waals surface area contributed by atoms with Crippen LogP contribution in [0.25, 0.3) is 0 Å². The summed E-state index contributed by atoms with van der Waals surface area (Å²) in [6.45, 7) is 8.19. The molecule has 0 aromatic heterocycles. The van der Waals surface area contributed by atoms with Crippen molar-refractivity contribution in [3.8, 4) is 0 Å². The zero-order valence-corrected chi connectivity index (χ0v) is 15.0. The van der Waals surface area contributed by atoms with Crippen molar-refractivity contribution in [2.24, 2.45) is 0 Å².